The van der Waals surface area contributed by atoms with Gasteiger partial charge in [0.15, 0.2) is 0 Å². The van der Waals surface area contributed by atoms with Gasteiger partial charge in [-0.1, -0.05) is 0 Å². The molecule has 1 saturated heterocycles. The molecule has 32 heavy (non-hydrogen) atoms. The zero-order valence-electron chi connectivity index (χ0n) is 17.7. The van der Waals surface area contributed by atoms with E-state index in [1.807, 2.05) is 6.07 Å². The van der Waals surface area contributed by atoms with Gasteiger partial charge in [0.1, 0.15) is 11.6 Å². The minimum atomic E-state index is -3.63. The molecule has 0 bridgehead atoms. The van der Waals surface area contributed by atoms with Crippen LogP contribution < -0.4 is 10.1 Å². The van der Waals surface area contributed by atoms with Crippen molar-refractivity contribution in [2.24, 2.45) is 5.92 Å². The summed E-state index contributed by atoms with van der Waals surface area (Å²) in [7, 11) is -3.63. The molecule has 1 fully saturated rings. The molecule has 9 heteroatoms. The van der Waals surface area contributed by atoms with Crippen molar-refractivity contribution < 1.29 is 22.3 Å². The molecule has 3 rings (SSSR count). The van der Waals surface area contributed by atoms with E-state index in [4.69, 9.17) is 10.00 Å². The predicted molar refractivity (Wildman–Crippen MR) is 117 cm³/mol. The number of ether oxygens (including phenoxy) is 1. The normalized spacial score (nSPS) is 15.1. The van der Waals surface area contributed by atoms with Gasteiger partial charge in [0.05, 0.1) is 23.1 Å². The van der Waals surface area contributed by atoms with Gasteiger partial charge in [0.25, 0.3) is 0 Å². The van der Waals surface area contributed by atoms with Gasteiger partial charge in [0.2, 0.25) is 15.9 Å². The highest BCUT2D eigenvalue weighted by molar-refractivity contribution is 7.89. The summed E-state index contributed by atoms with van der Waals surface area (Å²) in [5.74, 6) is 0.0358. The van der Waals surface area contributed by atoms with Crippen molar-refractivity contribution in [3.05, 3.63) is 59.9 Å². The lowest BCUT2D eigenvalue weighted by Gasteiger charge is -2.30. The number of piperidine rings is 1. The summed E-state index contributed by atoms with van der Waals surface area (Å²) in [6.45, 7) is 1.57. The number of hydrogen-bond acceptors (Lipinski definition) is 5. The lowest BCUT2D eigenvalue weighted by molar-refractivity contribution is -0.126. The molecule has 1 aliphatic rings. The molecule has 0 unspecified atom stereocenters. The Kier molecular flexibility index (Phi) is 8.20. The summed E-state index contributed by atoms with van der Waals surface area (Å²) in [5, 5.41) is 11.8. The van der Waals surface area contributed by atoms with E-state index in [0.717, 1.165) is 12.8 Å². The Morgan fingerprint density at radius 1 is 1.09 bits per heavy atom. The zero-order chi connectivity index (χ0) is 23.0. The lowest BCUT2D eigenvalue weighted by Crippen LogP contribution is -2.43. The van der Waals surface area contributed by atoms with E-state index < -0.39 is 10.0 Å². The van der Waals surface area contributed by atoms with Gasteiger partial charge in [-0.3, -0.25) is 4.79 Å². The summed E-state index contributed by atoms with van der Waals surface area (Å²) < 4.78 is 45.3. The van der Waals surface area contributed by atoms with E-state index in [1.165, 1.54) is 40.7 Å². The lowest BCUT2D eigenvalue weighted by atomic mass is 9.97. The summed E-state index contributed by atoms with van der Waals surface area (Å²) in [4.78, 5) is 12.6. The molecular formula is C23H26FN3O4S. The first-order valence-corrected chi connectivity index (χ1v) is 12.0. The van der Waals surface area contributed by atoms with Crippen LogP contribution in [-0.4, -0.2) is 44.9 Å². The number of hydrogen-bond donors (Lipinski definition) is 1. The van der Waals surface area contributed by atoms with Crippen LogP contribution in [0.3, 0.4) is 0 Å². The number of rotatable bonds is 9. The summed E-state index contributed by atoms with van der Waals surface area (Å²) in [6.07, 6.45) is 2.43. The van der Waals surface area contributed by atoms with Crippen LogP contribution in [0.1, 0.15) is 31.2 Å². The second kappa shape index (κ2) is 11.1. The fourth-order valence-corrected chi connectivity index (χ4v) is 4.98. The van der Waals surface area contributed by atoms with Crippen molar-refractivity contribution in [2.75, 3.05) is 26.2 Å². The molecule has 7 nitrogen and oxygen atoms in total. The van der Waals surface area contributed by atoms with E-state index in [-0.39, 0.29) is 35.6 Å². The molecule has 1 N–H and O–H groups in total. The van der Waals surface area contributed by atoms with Crippen molar-refractivity contribution in [3.8, 4) is 11.8 Å². The van der Waals surface area contributed by atoms with Crippen LogP contribution in [0.5, 0.6) is 5.75 Å². The smallest absolute Gasteiger partial charge is 0.243 e. The number of unbranched alkanes of at least 4 members (excludes halogenated alkanes) is 1. The molecule has 1 heterocycles. The van der Waals surface area contributed by atoms with E-state index in [9.17, 15) is 17.6 Å². The quantitative estimate of drug-likeness (QED) is 0.581. The maximum atomic E-state index is 12.8. The van der Waals surface area contributed by atoms with Crippen LogP contribution in [0.15, 0.2) is 53.4 Å². The number of amides is 1. The Morgan fingerprint density at radius 3 is 2.38 bits per heavy atom. The molecule has 0 spiro atoms. The SMILES string of the molecule is N#Cc1ccc(S(=O)(=O)N2CCC(C(=O)NCCCCOc3ccc(F)cc3)CC2)cc1. The van der Waals surface area contributed by atoms with Gasteiger partial charge in [-0.2, -0.15) is 9.57 Å². The minimum Gasteiger partial charge on any atom is -0.494 e. The molecule has 0 aliphatic carbocycles. The first-order valence-electron chi connectivity index (χ1n) is 10.6. The van der Waals surface area contributed by atoms with Crippen molar-refractivity contribution in [1.82, 2.24) is 9.62 Å². The minimum absolute atomic E-state index is 0.0557. The number of carbonyl (C=O) groups excluding carboxylic acids is 1. The first kappa shape index (κ1) is 23.7. The fraction of sp³-hybridized carbons (Fsp3) is 0.391. The number of nitriles is 1. The molecule has 1 amide bonds. The number of carbonyl (C=O) groups is 1. The van der Waals surface area contributed by atoms with Gasteiger partial charge in [-0.05, 0) is 74.2 Å². The molecule has 0 saturated carbocycles. The second-order valence-electron chi connectivity index (χ2n) is 7.62. The Morgan fingerprint density at radius 2 is 1.75 bits per heavy atom. The van der Waals surface area contributed by atoms with Crippen LogP contribution in [0.25, 0.3) is 0 Å². The maximum Gasteiger partial charge on any atom is 0.243 e. The Balaban J connectivity index is 1.35. The third kappa shape index (κ3) is 6.28. The molecular weight excluding hydrogens is 433 g/mol. The number of benzene rings is 2. The summed E-state index contributed by atoms with van der Waals surface area (Å²) in [5.41, 5.74) is 0.404. The Bertz CT molecular complexity index is 1040. The average molecular weight is 460 g/mol. The summed E-state index contributed by atoms with van der Waals surface area (Å²) >= 11 is 0. The van der Waals surface area contributed by atoms with E-state index >= 15 is 0 Å². The molecule has 0 aromatic heterocycles. The van der Waals surface area contributed by atoms with Gasteiger partial charge in [0, 0.05) is 25.6 Å². The number of halogens is 1. The highest BCUT2D eigenvalue weighted by atomic mass is 32.2. The maximum absolute atomic E-state index is 12.8. The molecule has 0 atom stereocenters. The first-order chi connectivity index (χ1) is 15.4. The van der Waals surface area contributed by atoms with E-state index in [0.29, 0.717) is 37.3 Å². The molecule has 0 radical (unpaired) electrons. The largest absolute Gasteiger partial charge is 0.494 e. The van der Waals surface area contributed by atoms with E-state index in [2.05, 4.69) is 5.32 Å². The predicted octanol–water partition coefficient (Wildman–Crippen LogP) is 3.07. The van der Waals surface area contributed by atoms with Gasteiger partial charge in [-0.25, -0.2) is 12.8 Å². The van der Waals surface area contributed by atoms with Crippen molar-refractivity contribution in [2.45, 2.75) is 30.6 Å². The van der Waals surface area contributed by atoms with Gasteiger partial charge in [-0.15, -0.1) is 0 Å². The topological polar surface area (TPSA) is 99.5 Å². The highest BCUT2D eigenvalue weighted by Crippen LogP contribution is 2.24. The van der Waals surface area contributed by atoms with Crippen LogP contribution in [0.2, 0.25) is 0 Å². The van der Waals surface area contributed by atoms with Gasteiger partial charge < -0.3 is 10.1 Å². The van der Waals surface area contributed by atoms with Crippen LogP contribution in [0.4, 0.5) is 4.39 Å². The number of nitrogens with one attached hydrogen (secondary N) is 1. The third-order valence-electron chi connectivity index (χ3n) is 5.40. The Labute approximate surface area is 187 Å². The molecule has 1 aliphatic heterocycles. The van der Waals surface area contributed by atoms with Crippen LogP contribution in [0, 0.1) is 23.1 Å². The van der Waals surface area contributed by atoms with Crippen LogP contribution >= 0.6 is 0 Å². The van der Waals surface area contributed by atoms with Crippen molar-refractivity contribution >= 4 is 15.9 Å². The third-order valence-corrected chi connectivity index (χ3v) is 7.31. The van der Waals surface area contributed by atoms with Gasteiger partial charge >= 0.3 is 0 Å². The monoisotopic (exact) mass is 459 g/mol. The fourth-order valence-electron chi connectivity index (χ4n) is 3.51. The molecule has 2 aromatic rings. The van der Waals surface area contributed by atoms with E-state index in [1.54, 1.807) is 12.1 Å². The second-order valence-corrected chi connectivity index (χ2v) is 9.55. The number of nitrogens with zero attached hydrogens (tertiary/aromatic N) is 2. The standard InChI is InChI=1S/C23H26FN3O4S/c24-20-5-7-21(8-6-20)31-16-2-1-13-26-23(28)19-11-14-27(15-12-19)32(29,30)22-9-3-18(17-25)4-10-22/h3-10,19H,1-2,11-16H2,(H,26,28). The van der Waals surface area contributed by atoms with Crippen molar-refractivity contribution in [1.29, 1.82) is 5.26 Å². The van der Waals surface area contributed by atoms with Crippen molar-refractivity contribution in [3.63, 3.8) is 0 Å². The highest BCUT2D eigenvalue weighted by Gasteiger charge is 2.31. The average Bonchev–Trinajstić information content (AvgIpc) is 2.82. The molecule has 170 valence electrons. The number of sulfonamides is 1. The zero-order valence-corrected chi connectivity index (χ0v) is 18.5. The Hall–Kier alpha value is -2.96. The summed E-state index contributed by atoms with van der Waals surface area (Å²) in [6, 6.07) is 13.6. The van der Waals surface area contributed by atoms with Crippen LogP contribution in [-0.2, 0) is 14.8 Å². The molecule has 2 aromatic carbocycles.